The van der Waals surface area contributed by atoms with Crippen molar-refractivity contribution in [2.24, 2.45) is 0 Å². The summed E-state index contributed by atoms with van der Waals surface area (Å²) in [7, 11) is 0. The van der Waals surface area contributed by atoms with Gasteiger partial charge in [0.05, 0.1) is 17.6 Å². The molecule has 7 nitrogen and oxygen atoms in total. The van der Waals surface area contributed by atoms with Crippen molar-refractivity contribution in [1.29, 1.82) is 0 Å². The summed E-state index contributed by atoms with van der Waals surface area (Å²) >= 11 is 0.823. The third-order valence-electron chi connectivity index (χ3n) is 3.81. The lowest BCUT2D eigenvalue weighted by molar-refractivity contribution is -0.380. The van der Waals surface area contributed by atoms with Crippen LogP contribution in [0.3, 0.4) is 0 Å². The molecule has 4 rings (SSSR count). The molecule has 8 heteroatoms. The van der Waals surface area contributed by atoms with E-state index in [1.165, 1.54) is 0 Å². The first-order valence-electron chi connectivity index (χ1n) is 7.40. The van der Waals surface area contributed by atoms with Gasteiger partial charge in [-0.25, -0.2) is 4.98 Å². The Hall–Kier alpha value is -3.26. The normalized spacial score (nSPS) is 11.0. The maximum atomic E-state index is 12.3. The Bertz CT molecular complexity index is 1120. The van der Waals surface area contributed by atoms with Gasteiger partial charge in [0.15, 0.2) is 5.13 Å². The molecular weight excluding hydrogens is 342 g/mol. The van der Waals surface area contributed by atoms with Gasteiger partial charge in [-0.15, -0.1) is 0 Å². The number of hydrogen-bond donors (Lipinski definition) is 1. The van der Waals surface area contributed by atoms with Crippen LogP contribution >= 0.6 is 11.3 Å². The van der Waals surface area contributed by atoms with E-state index < -0.39 is 4.92 Å². The van der Waals surface area contributed by atoms with Crippen LogP contribution in [-0.2, 0) is 11.2 Å². The summed E-state index contributed by atoms with van der Waals surface area (Å²) in [6, 6.07) is 11.7. The zero-order valence-corrected chi connectivity index (χ0v) is 13.6. The van der Waals surface area contributed by atoms with Crippen molar-refractivity contribution in [2.45, 2.75) is 6.42 Å². The topological polar surface area (TPSA) is 98.3 Å². The maximum Gasteiger partial charge on any atom is 0.345 e. The minimum atomic E-state index is -0.539. The molecule has 4 aromatic rings. The first-order chi connectivity index (χ1) is 12.1. The summed E-state index contributed by atoms with van der Waals surface area (Å²) in [5, 5.41) is 16.3. The third kappa shape index (κ3) is 2.83. The van der Waals surface area contributed by atoms with Crippen LogP contribution in [0.4, 0.5) is 10.1 Å². The first kappa shape index (κ1) is 15.3. The largest absolute Gasteiger partial charge is 0.464 e. The number of amides is 1. The van der Waals surface area contributed by atoms with Gasteiger partial charge in [-0.05, 0) is 28.2 Å². The number of aromatic nitrogens is 1. The number of anilines is 1. The molecule has 0 saturated heterocycles. The zero-order valence-electron chi connectivity index (χ0n) is 12.8. The van der Waals surface area contributed by atoms with Gasteiger partial charge in [0.1, 0.15) is 11.8 Å². The SMILES string of the molecule is O=C(Cc1coc2ccc3ccccc3c12)Nc1ncc([N+](=O)[O-])s1. The van der Waals surface area contributed by atoms with Gasteiger partial charge in [0.25, 0.3) is 0 Å². The highest BCUT2D eigenvalue weighted by atomic mass is 32.1. The van der Waals surface area contributed by atoms with Crippen molar-refractivity contribution in [3.8, 4) is 0 Å². The molecule has 1 N–H and O–H groups in total. The molecule has 0 bridgehead atoms. The van der Waals surface area contributed by atoms with E-state index in [1.54, 1.807) is 6.26 Å². The second-order valence-electron chi connectivity index (χ2n) is 5.41. The molecule has 0 unspecified atom stereocenters. The molecule has 2 aromatic heterocycles. The van der Waals surface area contributed by atoms with Crippen LogP contribution in [0.1, 0.15) is 5.56 Å². The Balaban J connectivity index is 1.62. The number of carbonyl (C=O) groups excluding carboxylic acids is 1. The Morgan fingerprint density at radius 2 is 2.12 bits per heavy atom. The smallest absolute Gasteiger partial charge is 0.345 e. The molecule has 0 fully saturated rings. The number of hydrogen-bond acceptors (Lipinski definition) is 6. The van der Waals surface area contributed by atoms with Gasteiger partial charge in [0.2, 0.25) is 5.91 Å². The van der Waals surface area contributed by atoms with Crippen LogP contribution in [-0.4, -0.2) is 15.8 Å². The minimum absolute atomic E-state index is 0.0917. The van der Waals surface area contributed by atoms with Crippen molar-refractivity contribution in [1.82, 2.24) is 4.98 Å². The van der Waals surface area contributed by atoms with Crippen LogP contribution < -0.4 is 5.32 Å². The van der Waals surface area contributed by atoms with Crippen molar-refractivity contribution in [3.63, 3.8) is 0 Å². The van der Waals surface area contributed by atoms with Gasteiger partial charge >= 0.3 is 5.00 Å². The van der Waals surface area contributed by atoms with Crippen LogP contribution in [0.2, 0.25) is 0 Å². The first-order valence-corrected chi connectivity index (χ1v) is 8.21. The molecule has 0 atom stereocenters. The van der Waals surface area contributed by atoms with E-state index in [0.717, 1.165) is 39.3 Å². The minimum Gasteiger partial charge on any atom is -0.464 e. The fourth-order valence-electron chi connectivity index (χ4n) is 2.75. The average molecular weight is 353 g/mol. The fourth-order valence-corrected chi connectivity index (χ4v) is 3.40. The summed E-state index contributed by atoms with van der Waals surface area (Å²) in [6.45, 7) is 0. The number of thiazole rings is 1. The molecule has 0 aliphatic carbocycles. The molecule has 25 heavy (non-hydrogen) atoms. The fraction of sp³-hybridized carbons (Fsp3) is 0.0588. The Labute approximate surface area is 145 Å². The van der Waals surface area contributed by atoms with E-state index in [0.29, 0.717) is 5.58 Å². The lowest BCUT2D eigenvalue weighted by atomic mass is 10.0. The number of benzene rings is 2. The second kappa shape index (κ2) is 5.99. The molecule has 2 aromatic carbocycles. The summed E-state index contributed by atoms with van der Waals surface area (Å²) in [5.74, 6) is -0.306. The van der Waals surface area contributed by atoms with E-state index in [2.05, 4.69) is 10.3 Å². The molecule has 0 spiro atoms. The molecule has 1 amide bonds. The van der Waals surface area contributed by atoms with Crippen LogP contribution in [0.5, 0.6) is 0 Å². The third-order valence-corrected chi connectivity index (χ3v) is 4.68. The number of rotatable bonds is 4. The molecular formula is C17H11N3O4S. The van der Waals surface area contributed by atoms with E-state index in [1.807, 2.05) is 36.4 Å². The molecule has 0 saturated carbocycles. The Morgan fingerprint density at radius 3 is 2.92 bits per heavy atom. The van der Waals surface area contributed by atoms with E-state index in [9.17, 15) is 14.9 Å². The van der Waals surface area contributed by atoms with Gasteiger partial charge in [-0.2, -0.15) is 0 Å². The maximum absolute atomic E-state index is 12.3. The van der Waals surface area contributed by atoms with E-state index in [4.69, 9.17) is 4.42 Å². The number of furan rings is 1. The van der Waals surface area contributed by atoms with Crippen molar-refractivity contribution < 1.29 is 14.1 Å². The lowest BCUT2D eigenvalue weighted by Crippen LogP contribution is -2.13. The number of carbonyl (C=O) groups is 1. The number of nitrogens with one attached hydrogen (secondary N) is 1. The Kier molecular flexibility index (Phi) is 3.66. The van der Waals surface area contributed by atoms with Crippen molar-refractivity contribution >= 4 is 49.1 Å². The van der Waals surface area contributed by atoms with Crippen molar-refractivity contribution in [2.75, 3.05) is 5.32 Å². The average Bonchev–Trinajstić information content (AvgIpc) is 3.22. The highest BCUT2D eigenvalue weighted by Crippen LogP contribution is 2.30. The second-order valence-corrected chi connectivity index (χ2v) is 6.42. The standard InChI is InChI=1S/C17H11N3O4S/c21-14(19-17-18-8-15(25-17)20(22)23)7-11-9-24-13-6-5-10-3-1-2-4-12(10)16(11)13/h1-6,8-9H,7H2,(H,18,19,21). The number of fused-ring (bicyclic) bond motifs is 3. The van der Waals surface area contributed by atoms with Crippen molar-refractivity contribution in [3.05, 3.63) is 64.5 Å². The van der Waals surface area contributed by atoms with Crippen LogP contribution in [0.15, 0.2) is 53.3 Å². The van der Waals surface area contributed by atoms with Crippen LogP contribution in [0, 0.1) is 10.1 Å². The predicted molar refractivity (Wildman–Crippen MR) is 94.8 cm³/mol. The van der Waals surface area contributed by atoms with E-state index in [-0.39, 0.29) is 22.5 Å². The van der Waals surface area contributed by atoms with Gasteiger partial charge in [-0.3, -0.25) is 14.9 Å². The molecule has 0 aliphatic heterocycles. The highest BCUT2D eigenvalue weighted by Gasteiger charge is 2.16. The highest BCUT2D eigenvalue weighted by molar-refractivity contribution is 7.18. The van der Waals surface area contributed by atoms with Gasteiger partial charge < -0.3 is 9.73 Å². The molecule has 2 heterocycles. The quantitative estimate of drug-likeness (QED) is 0.439. The lowest BCUT2D eigenvalue weighted by Gasteiger charge is -2.03. The molecule has 0 radical (unpaired) electrons. The summed E-state index contributed by atoms with van der Waals surface area (Å²) in [4.78, 5) is 26.3. The zero-order chi connectivity index (χ0) is 17.4. The monoisotopic (exact) mass is 353 g/mol. The van der Waals surface area contributed by atoms with Crippen LogP contribution in [0.25, 0.3) is 21.7 Å². The molecule has 0 aliphatic rings. The predicted octanol–water partition coefficient (Wildman–Crippen LogP) is 4.13. The summed E-state index contributed by atoms with van der Waals surface area (Å²) in [6.07, 6.45) is 2.79. The van der Waals surface area contributed by atoms with Gasteiger partial charge in [-0.1, -0.05) is 30.3 Å². The van der Waals surface area contributed by atoms with Gasteiger partial charge in [0, 0.05) is 10.9 Å². The van der Waals surface area contributed by atoms with E-state index >= 15 is 0 Å². The molecule has 124 valence electrons. The summed E-state index contributed by atoms with van der Waals surface area (Å²) in [5.41, 5.74) is 1.47. The number of nitrogens with zero attached hydrogens (tertiary/aromatic N) is 2. The summed E-state index contributed by atoms with van der Waals surface area (Å²) < 4.78 is 5.56. The Morgan fingerprint density at radius 1 is 1.28 bits per heavy atom. The number of nitro groups is 1.